The highest BCUT2D eigenvalue weighted by Crippen LogP contribution is 2.29. The number of rotatable bonds is 9. The lowest BCUT2D eigenvalue weighted by atomic mass is 10.1. The Bertz CT molecular complexity index is 1240. The molecular formula is C26H29ClN2O4S. The van der Waals surface area contributed by atoms with Gasteiger partial charge in [-0.15, -0.1) is 0 Å². The molecule has 0 heterocycles. The lowest BCUT2D eigenvalue weighted by Gasteiger charge is -2.26. The van der Waals surface area contributed by atoms with Crippen molar-refractivity contribution in [2.45, 2.75) is 38.6 Å². The van der Waals surface area contributed by atoms with Gasteiger partial charge in [0.1, 0.15) is 12.3 Å². The smallest absolute Gasteiger partial charge is 0.264 e. The monoisotopic (exact) mass is 500 g/mol. The number of hydrogen-bond donors (Lipinski definition) is 1. The SMILES string of the molecule is CCOc1ccc(C(C)NC(=O)CN(c2cc(Cl)ccc2C)S(=O)(=O)c2ccc(C)cc2)cc1. The number of nitrogens with zero attached hydrogens (tertiary/aromatic N) is 1. The Labute approximate surface area is 206 Å². The topological polar surface area (TPSA) is 75.7 Å². The molecule has 1 amide bonds. The predicted molar refractivity (Wildman–Crippen MR) is 136 cm³/mol. The van der Waals surface area contributed by atoms with Crippen molar-refractivity contribution in [3.05, 3.63) is 88.4 Å². The molecule has 0 saturated carbocycles. The van der Waals surface area contributed by atoms with E-state index in [1.807, 2.05) is 45.0 Å². The van der Waals surface area contributed by atoms with Crippen LogP contribution in [0.15, 0.2) is 71.6 Å². The number of sulfonamides is 1. The van der Waals surface area contributed by atoms with Gasteiger partial charge in [-0.1, -0.05) is 47.5 Å². The van der Waals surface area contributed by atoms with Crippen LogP contribution in [0.2, 0.25) is 5.02 Å². The summed E-state index contributed by atoms with van der Waals surface area (Å²) in [7, 11) is -4.02. The van der Waals surface area contributed by atoms with Gasteiger partial charge in [-0.3, -0.25) is 9.10 Å². The largest absolute Gasteiger partial charge is 0.494 e. The average molecular weight is 501 g/mol. The Morgan fingerprint density at radius 2 is 1.68 bits per heavy atom. The van der Waals surface area contributed by atoms with E-state index in [-0.39, 0.29) is 10.9 Å². The van der Waals surface area contributed by atoms with Crippen LogP contribution in [0.3, 0.4) is 0 Å². The van der Waals surface area contributed by atoms with E-state index < -0.39 is 22.5 Å². The van der Waals surface area contributed by atoms with Crippen LogP contribution >= 0.6 is 11.6 Å². The molecule has 3 aromatic rings. The standard InChI is InChI=1S/C26H29ClN2O4S/c1-5-33-23-12-9-21(10-13-23)20(4)28-26(30)17-29(25-16-22(27)11-8-19(25)3)34(31,32)24-14-6-18(2)7-15-24/h6-16,20H,5,17H2,1-4H3,(H,28,30). The molecule has 8 heteroatoms. The van der Waals surface area contributed by atoms with Gasteiger partial charge >= 0.3 is 0 Å². The number of hydrogen-bond acceptors (Lipinski definition) is 4. The van der Waals surface area contributed by atoms with Crippen molar-refractivity contribution >= 4 is 33.2 Å². The first-order valence-electron chi connectivity index (χ1n) is 11.0. The number of ether oxygens (including phenoxy) is 1. The van der Waals surface area contributed by atoms with Gasteiger partial charge in [0.25, 0.3) is 10.0 Å². The third kappa shape index (κ3) is 6.10. The van der Waals surface area contributed by atoms with E-state index in [0.717, 1.165) is 21.2 Å². The Hall–Kier alpha value is -3.03. The van der Waals surface area contributed by atoms with Crippen molar-refractivity contribution in [1.29, 1.82) is 0 Å². The zero-order chi connectivity index (χ0) is 24.9. The quantitative estimate of drug-likeness (QED) is 0.425. The van der Waals surface area contributed by atoms with Crippen molar-refractivity contribution in [2.24, 2.45) is 0 Å². The zero-order valence-electron chi connectivity index (χ0n) is 19.7. The van der Waals surface area contributed by atoms with Gasteiger partial charge in [-0.25, -0.2) is 8.42 Å². The summed E-state index contributed by atoms with van der Waals surface area (Å²) in [6.45, 7) is 7.60. The van der Waals surface area contributed by atoms with E-state index in [1.165, 1.54) is 12.1 Å². The van der Waals surface area contributed by atoms with Gasteiger partial charge < -0.3 is 10.1 Å². The number of amides is 1. The number of halogens is 1. The van der Waals surface area contributed by atoms with Crippen molar-refractivity contribution in [1.82, 2.24) is 5.32 Å². The minimum Gasteiger partial charge on any atom is -0.494 e. The van der Waals surface area contributed by atoms with Crippen molar-refractivity contribution in [3.63, 3.8) is 0 Å². The van der Waals surface area contributed by atoms with E-state index in [0.29, 0.717) is 22.9 Å². The number of anilines is 1. The maximum atomic E-state index is 13.6. The maximum absolute atomic E-state index is 13.6. The summed E-state index contributed by atoms with van der Waals surface area (Å²) in [6.07, 6.45) is 0. The van der Waals surface area contributed by atoms with Crippen LogP contribution in [-0.2, 0) is 14.8 Å². The van der Waals surface area contributed by atoms with E-state index >= 15 is 0 Å². The summed E-state index contributed by atoms with van der Waals surface area (Å²) in [5.41, 5.74) is 2.86. The van der Waals surface area contributed by atoms with Crippen molar-refractivity contribution in [3.8, 4) is 5.75 Å². The van der Waals surface area contributed by atoms with Crippen molar-refractivity contribution < 1.29 is 17.9 Å². The van der Waals surface area contributed by atoms with Gasteiger partial charge in [-0.2, -0.15) is 0 Å². The first kappa shape index (κ1) is 25.6. The second kappa shape index (κ2) is 10.9. The molecule has 0 aliphatic carbocycles. The van der Waals surface area contributed by atoms with E-state index in [2.05, 4.69) is 5.32 Å². The first-order chi connectivity index (χ1) is 16.1. The van der Waals surface area contributed by atoms with Crippen LogP contribution in [0.4, 0.5) is 5.69 Å². The summed E-state index contributed by atoms with van der Waals surface area (Å²) < 4.78 is 33.7. The Kier molecular flexibility index (Phi) is 8.23. The number of carbonyl (C=O) groups is 1. The summed E-state index contributed by atoms with van der Waals surface area (Å²) in [5, 5.41) is 3.28. The number of aryl methyl sites for hydroxylation is 2. The molecule has 34 heavy (non-hydrogen) atoms. The second-order valence-corrected chi connectivity index (χ2v) is 10.3. The Morgan fingerprint density at radius 1 is 1.03 bits per heavy atom. The van der Waals surface area contributed by atoms with Gasteiger partial charge in [0.2, 0.25) is 5.91 Å². The molecule has 0 aromatic heterocycles. The molecule has 1 unspecified atom stereocenters. The third-order valence-corrected chi connectivity index (χ3v) is 7.41. The average Bonchev–Trinajstić information content (AvgIpc) is 2.80. The fraction of sp³-hybridized carbons (Fsp3) is 0.269. The maximum Gasteiger partial charge on any atom is 0.264 e. The summed E-state index contributed by atoms with van der Waals surface area (Å²) in [6, 6.07) is 18.6. The molecule has 0 bridgehead atoms. The molecule has 0 radical (unpaired) electrons. The number of carbonyl (C=O) groups excluding carboxylic acids is 1. The van der Waals surface area contributed by atoms with Crippen LogP contribution in [0.25, 0.3) is 0 Å². The number of nitrogens with one attached hydrogen (secondary N) is 1. The minimum atomic E-state index is -4.02. The Balaban J connectivity index is 1.88. The van der Waals surface area contributed by atoms with Crippen LogP contribution < -0.4 is 14.4 Å². The van der Waals surface area contributed by atoms with Crippen LogP contribution in [0, 0.1) is 13.8 Å². The Morgan fingerprint density at radius 3 is 2.29 bits per heavy atom. The second-order valence-electron chi connectivity index (χ2n) is 8.05. The fourth-order valence-corrected chi connectivity index (χ4v) is 5.15. The molecule has 3 aromatic carbocycles. The van der Waals surface area contributed by atoms with Gasteiger partial charge in [0.05, 0.1) is 23.2 Å². The third-order valence-electron chi connectivity index (χ3n) is 5.40. The molecular weight excluding hydrogens is 472 g/mol. The minimum absolute atomic E-state index is 0.102. The predicted octanol–water partition coefficient (Wildman–Crippen LogP) is 5.43. The normalized spacial score (nSPS) is 12.1. The molecule has 1 N–H and O–H groups in total. The molecule has 180 valence electrons. The highest BCUT2D eigenvalue weighted by molar-refractivity contribution is 7.92. The molecule has 0 aliphatic heterocycles. The van der Waals surface area contributed by atoms with Gasteiger partial charge in [0.15, 0.2) is 0 Å². The first-order valence-corrected chi connectivity index (χ1v) is 12.8. The molecule has 6 nitrogen and oxygen atoms in total. The molecule has 0 saturated heterocycles. The van der Waals surface area contributed by atoms with E-state index in [4.69, 9.17) is 16.3 Å². The number of benzene rings is 3. The lowest BCUT2D eigenvalue weighted by molar-refractivity contribution is -0.120. The lowest BCUT2D eigenvalue weighted by Crippen LogP contribution is -2.42. The molecule has 0 fully saturated rings. The zero-order valence-corrected chi connectivity index (χ0v) is 21.3. The fourth-order valence-electron chi connectivity index (χ4n) is 3.51. The van der Waals surface area contributed by atoms with Gasteiger partial charge in [-0.05, 0) is 75.2 Å². The van der Waals surface area contributed by atoms with Crippen LogP contribution in [0.1, 0.15) is 36.6 Å². The summed E-state index contributed by atoms with van der Waals surface area (Å²) in [5.74, 6) is 0.313. The summed E-state index contributed by atoms with van der Waals surface area (Å²) in [4.78, 5) is 13.1. The molecule has 1 atom stereocenters. The van der Waals surface area contributed by atoms with Crippen LogP contribution in [0.5, 0.6) is 5.75 Å². The van der Waals surface area contributed by atoms with E-state index in [9.17, 15) is 13.2 Å². The van der Waals surface area contributed by atoms with Crippen molar-refractivity contribution in [2.75, 3.05) is 17.5 Å². The highest BCUT2D eigenvalue weighted by atomic mass is 35.5. The molecule has 3 rings (SSSR count). The highest BCUT2D eigenvalue weighted by Gasteiger charge is 2.29. The molecule has 0 aliphatic rings. The summed E-state index contributed by atoms with van der Waals surface area (Å²) >= 11 is 6.18. The van der Waals surface area contributed by atoms with Gasteiger partial charge in [0, 0.05) is 5.02 Å². The van der Waals surface area contributed by atoms with Crippen LogP contribution in [-0.4, -0.2) is 27.5 Å². The molecule has 0 spiro atoms. The van der Waals surface area contributed by atoms with E-state index in [1.54, 1.807) is 37.3 Å².